The summed E-state index contributed by atoms with van der Waals surface area (Å²) in [5.74, 6) is -2.63. The van der Waals surface area contributed by atoms with Crippen LogP contribution in [-0.4, -0.2) is 65.2 Å². The van der Waals surface area contributed by atoms with Gasteiger partial charge in [-0.05, 0) is 27.7 Å². The number of carbonyl (C=O) groups is 1. The third-order valence-corrected chi connectivity index (χ3v) is 5.75. The topological polar surface area (TPSA) is 92.0 Å². The molecule has 0 radical (unpaired) electrons. The van der Waals surface area contributed by atoms with Crippen LogP contribution in [0.5, 0.6) is 0 Å². The molecule has 0 saturated carbocycles. The Morgan fingerprint density at radius 3 is 2.17 bits per heavy atom. The number of piperazine rings is 1. The monoisotopic (exact) mass is 500 g/mol. The van der Waals surface area contributed by atoms with Crippen molar-refractivity contribution >= 4 is 17.5 Å². The first-order valence-electron chi connectivity index (χ1n) is 11.2. The van der Waals surface area contributed by atoms with E-state index in [9.17, 15) is 27.6 Å². The fraction of sp³-hybridized carbons (Fsp3) is 0.591. The first kappa shape index (κ1) is 26.5. The zero-order chi connectivity index (χ0) is 26.1. The number of allylic oxidation sites excluding steroid dienone is 3. The van der Waals surface area contributed by atoms with Crippen LogP contribution in [0.4, 0.5) is 24.7 Å². The molecule has 0 amide bonds. The summed E-state index contributed by atoms with van der Waals surface area (Å²) in [7, 11) is 1.34. The summed E-state index contributed by atoms with van der Waals surface area (Å²) in [5, 5.41) is 3.92. The molecule has 1 aromatic heterocycles. The molecule has 1 saturated heterocycles. The molecule has 2 aliphatic rings. The van der Waals surface area contributed by atoms with E-state index in [1.165, 1.54) is 7.05 Å². The molecule has 1 atom stereocenters. The van der Waals surface area contributed by atoms with E-state index >= 15 is 0 Å². The van der Waals surface area contributed by atoms with Crippen LogP contribution in [0.2, 0.25) is 0 Å². The van der Waals surface area contributed by atoms with E-state index in [1.54, 1.807) is 11.0 Å². The Morgan fingerprint density at radius 1 is 1.06 bits per heavy atom. The Morgan fingerprint density at radius 2 is 1.63 bits per heavy atom. The summed E-state index contributed by atoms with van der Waals surface area (Å²) in [4.78, 5) is 46.9. The maximum Gasteiger partial charge on any atom is 0.493 e. The molecule has 194 valence electrons. The largest absolute Gasteiger partial charge is 0.493 e. The number of fused-ring (bicyclic) bond motifs is 1. The van der Waals surface area contributed by atoms with E-state index in [0.29, 0.717) is 26.2 Å². The summed E-state index contributed by atoms with van der Waals surface area (Å²) < 4.78 is 41.7. The van der Waals surface area contributed by atoms with Crippen molar-refractivity contribution < 1.29 is 22.8 Å². The van der Waals surface area contributed by atoms with Gasteiger partial charge in [0.25, 0.3) is 5.56 Å². The summed E-state index contributed by atoms with van der Waals surface area (Å²) in [6.45, 7) is 9.44. The number of halogens is 3. The van der Waals surface area contributed by atoms with Crippen molar-refractivity contribution in [2.45, 2.75) is 46.7 Å². The minimum absolute atomic E-state index is 0.00174. The van der Waals surface area contributed by atoms with Gasteiger partial charge in [-0.3, -0.25) is 18.8 Å². The van der Waals surface area contributed by atoms with Gasteiger partial charge in [-0.1, -0.05) is 23.3 Å². The molecule has 0 aromatic carbocycles. The Kier molecular flexibility index (Phi) is 7.80. The molecule has 13 heteroatoms. The van der Waals surface area contributed by atoms with Crippen LogP contribution < -0.4 is 26.5 Å². The lowest BCUT2D eigenvalue weighted by Gasteiger charge is -2.40. The van der Waals surface area contributed by atoms with E-state index in [1.807, 2.05) is 38.7 Å². The first-order valence-corrected chi connectivity index (χ1v) is 11.2. The first-order chi connectivity index (χ1) is 16.3. The Labute approximate surface area is 200 Å². The number of hydrogen-bond acceptors (Lipinski definition) is 8. The van der Waals surface area contributed by atoms with Crippen molar-refractivity contribution in [1.82, 2.24) is 19.4 Å². The summed E-state index contributed by atoms with van der Waals surface area (Å²) in [5.41, 5.74) is 0.396. The third kappa shape index (κ3) is 5.45. The molecule has 35 heavy (non-hydrogen) atoms. The lowest BCUT2D eigenvalue weighted by Crippen LogP contribution is -2.61. The van der Waals surface area contributed by atoms with Crippen molar-refractivity contribution in [1.29, 1.82) is 0 Å². The molecule has 3 rings (SSSR count). The molecule has 1 fully saturated rings. The second-order valence-electron chi connectivity index (χ2n) is 8.98. The number of hydrogen-bond donors (Lipinski definition) is 1. The second-order valence-corrected chi connectivity index (χ2v) is 8.98. The normalized spacial score (nSPS) is 18.3. The lowest BCUT2D eigenvalue weighted by atomic mass is 10.3. The van der Waals surface area contributed by atoms with E-state index in [2.05, 4.69) is 5.32 Å². The summed E-state index contributed by atoms with van der Waals surface area (Å²) in [6.07, 6.45) is -2.79. The lowest BCUT2D eigenvalue weighted by molar-refractivity contribution is -0.203. The van der Waals surface area contributed by atoms with Gasteiger partial charge in [-0.25, -0.2) is 9.59 Å². The molecule has 1 unspecified atom stereocenters. The predicted molar refractivity (Wildman–Crippen MR) is 125 cm³/mol. The quantitative estimate of drug-likeness (QED) is 0.585. The molecular formula is C22H31F3N6O4. The number of anilines is 2. The van der Waals surface area contributed by atoms with Gasteiger partial charge in [0.2, 0.25) is 0 Å². The van der Waals surface area contributed by atoms with Gasteiger partial charge in [-0.15, -0.1) is 5.06 Å². The van der Waals surface area contributed by atoms with Crippen molar-refractivity contribution in [3.05, 3.63) is 44.1 Å². The fourth-order valence-corrected chi connectivity index (χ4v) is 3.99. The van der Waals surface area contributed by atoms with E-state index in [0.717, 1.165) is 25.3 Å². The Bertz CT molecular complexity index is 1140. The maximum absolute atomic E-state index is 13.6. The number of hydroxylamine groups is 1. The highest BCUT2D eigenvalue weighted by Gasteiger charge is 2.50. The van der Waals surface area contributed by atoms with Gasteiger partial charge in [0.1, 0.15) is 0 Å². The average molecular weight is 501 g/mol. The van der Waals surface area contributed by atoms with E-state index < -0.39 is 29.7 Å². The standard InChI is InChI=1S/C22H31F3N6O4/c1-14(2)6-10-29-16-17(27(5)21(34)30(18(16)32)11-7-15(3)4)31(35-19(33)22(23,24)25)20(29)28-12-8-26-9-13-28/h6-7,20,26H,8-13H2,1-5H3. The summed E-state index contributed by atoms with van der Waals surface area (Å²) >= 11 is 0. The minimum atomic E-state index is -5.27. The van der Waals surface area contributed by atoms with Gasteiger partial charge >= 0.3 is 17.8 Å². The zero-order valence-corrected chi connectivity index (χ0v) is 20.5. The average Bonchev–Trinajstić information content (AvgIpc) is 3.10. The molecule has 2 aliphatic heterocycles. The smallest absolute Gasteiger partial charge is 0.327 e. The Hall–Kier alpha value is -3.06. The predicted octanol–water partition coefficient (Wildman–Crippen LogP) is 1.32. The molecule has 0 bridgehead atoms. The third-order valence-electron chi connectivity index (χ3n) is 5.75. The van der Waals surface area contributed by atoms with Crippen LogP contribution >= 0.6 is 0 Å². The van der Waals surface area contributed by atoms with Crippen LogP contribution in [0.15, 0.2) is 32.9 Å². The van der Waals surface area contributed by atoms with Crippen molar-refractivity contribution in [2.75, 3.05) is 42.7 Å². The zero-order valence-electron chi connectivity index (χ0n) is 20.5. The second kappa shape index (κ2) is 10.3. The molecule has 0 aliphatic carbocycles. The maximum atomic E-state index is 13.6. The minimum Gasteiger partial charge on any atom is -0.327 e. The highest BCUT2D eigenvalue weighted by Crippen LogP contribution is 2.38. The van der Waals surface area contributed by atoms with Gasteiger partial charge in [0.05, 0.1) is 0 Å². The number of aromatic nitrogens is 2. The number of rotatable bonds is 6. The molecule has 1 N–H and O–H groups in total. The van der Waals surface area contributed by atoms with Gasteiger partial charge < -0.3 is 15.1 Å². The van der Waals surface area contributed by atoms with Crippen molar-refractivity contribution in [2.24, 2.45) is 7.05 Å². The van der Waals surface area contributed by atoms with E-state index in [4.69, 9.17) is 4.84 Å². The van der Waals surface area contributed by atoms with Gasteiger partial charge in [-0.2, -0.15) is 13.2 Å². The van der Waals surface area contributed by atoms with Gasteiger partial charge in [0.15, 0.2) is 17.8 Å². The van der Waals surface area contributed by atoms with Crippen molar-refractivity contribution in [3.63, 3.8) is 0 Å². The van der Waals surface area contributed by atoms with Crippen LogP contribution in [0.1, 0.15) is 27.7 Å². The fourth-order valence-electron chi connectivity index (χ4n) is 3.99. The van der Waals surface area contributed by atoms with Crippen LogP contribution in [-0.2, 0) is 23.2 Å². The molecular weight excluding hydrogens is 469 g/mol. The van der Waals surface area contributed by atoms with Crippen LogP contribution in [0, 0.1) is 0 Å². The number of nitrogens with one attached hydrogen (secondary N) is 1. The molecule has 3 heterocycles. The summed E-state index contributed by atoms with van der Waals surface area (Å²) in [6, 6.07) is 0. The SMILES string of the molecule is CC(C)=CCN1c2c(n(C)c(=O)n(CC=C(C)C)c2=O)N(OC(=O)C(F)(F)F)C1N1CCNCC1. The van der Waals surface area contributed by atoms with Crippen molar-refractivity contribution in [3.8, 4) is 0 Å². The van der Waals surface area contributed by atoms with Crippen LogP contribution in [0.25, 0.3) is 0 Å². The highest BCUT2D eigenvalue weighted by atomic mass is 19.4. The van der Waals surface area contributed by atoms with Gasteiger partial charge in [0, 0.05) is 46.3 Å². The number of alkyl halides is 3. The van der Waals surface area contributed by atoms with Crippen LogP contribution in [0.3, 0.4) is 0 Å². The molecule has 10 nitrogen and oxygen atoms in total. The highest BCUT2D eigenvalue weighted by molar-refractivity contribution is 5.80. The van der Waals surface area contributed by atoms with E-state index in [-0.39, 0.29) is 24.6 Å². The molecule has 0 spiro atoms. The Balaban J connectivity index is 2.27. The number of carbonyl (C=O) groups excluding carboxylic acids is 1. The number of nitrogens with zero attached hydrogens (tertiary/aromatic N) is 5. The molecule has 1 aromatic rings.